The number of nitrogens with zero attached hydrogens (tertiary/aromatic N) is 5. The molecule has 1 aliphatic heterocycles. The van der Waals surface area contributed by atoms with Crippen molar-refractivity contribution in [2.45, 2.75) is 51.5 Å². The molecule has 11 nitrogen and oxygen atoms in total. The summed E-state index contributed by atoms with van der Waals surface area (Å²) in [6.45, 7) is 4.08. The third-order valence-electron chi connectivity index (χ3n) is 6.13. The molecule has 0 bridgehead atoms. The summed E-state index contributed by atoms with van der Waals surface area (Å²) in [5, 5.41) is 19.0. The van der Waals surface area contributed by atoms with Crippen molar-refractivity contribution in [1.82, 2.24) is 25.2 Å². The zero-order valence-corrected chi connectivity index (χ0v) is 21.5. The van der Waals surface area contributed by atoms with Gasteiger partial charge in [-0.1, -0.05) is 6.07 Å². The van der Waals surface area contributed by atoms with Crippen molar-refractivity contribution < 1.29 is 14.7 Å². The standard InChI is InChI=1S/C25H38N8O3/c1-18(34)29-17-33(13-5-4-8-20-10-9-19-7-6-12-26-24(19)30-20)14-11-21(25(35)36)31-22-15-23(32(2)3)28-16-27-22/h9-10,15-16,21H,4-8,11-14,17H2,1-3H3,(H,26,30)(H,29,34)(H,35,36)(H,27,28,31). The van der Waals surface area contributed by atoms with Crippen molar-refractivity contribution in [2.75, 3.05) is 55.9 Å². The van der Waals surface area contributed by atoms with Crippen LogP contribution in [-0.4, -0.2) is 83.3 Å². The number of carbonyl (C=O) groups is 2. The lowest BCUT2D eigenvalue weighted by molar-refractivity contribution is -0.138. The number of aliphatic carboxylic acids is 1. The Morgan fingerprint density at radius 1 is 1.19 bits per heavy atom. The Morgan fingerprint density at radius 3 is 2.78 bits per heavy atom. The molecule has 3 heterocycles. The molecule has 196 valence electrons. The zero-order valence-electron chi connectivity index (χ0n) is 21.5. The molecule has 0 fully saturated rings. The van der Waals surface area contributed by atoms with E-state index in [-0.39, 0.29) is 5.91 Å². The molecule has 0 saturated carbocycles. The zero-order chi connectivity index (χ0) is 25.9. The highest BCUT2D eigenvalue weighted by Crippen LogP contribution is 2.20. The fourth-order valence-electron chi connectivity index (χ4n) is 4.06. The number of unbranched alkanes of at least 4 members (excludes halogenated alkanes) is 1. The van der Waals surface area contributed by atoms with Gasteiger partial charge in [-0.15, -0.1) is 0 Å². The molecule has 1 unspecified atom stereocenters. The second-order valence-corrected chi connectivity index (χ2v) is 9.29. The first-order valence-electron chi connectivity index (χ1n) is 12.5. The molecule has 0 aliphatic carbocycles. The van der Waals surface area contributed by atoms with Gasteiger partial charge in [0.15, 0.2) is 0 Å². The Hall–Kier alpha value is -3.47. The highest BCUT2D eigenvalue weighted by atomic mass is 16.4. The van der Waals surface area contributed by atoms with Crippen LogP contribution in [0.4, 0.5) is 17.5 Å². The Morgan fingerprint density at radius 2 is 2.03 bits per heavy atom. The van der Waals surface area contributed by atoms with E-state index in [1.807, 2.05) is 19.0 Å². The van der Waals surface area contributed by atoms with E-state index in [4.69, 9.17) is 4.98 Å². The number of hydrogen-bond donors (Lipinski definition) is 4. The average Bonchev–Trinajstić information content (AvgIpc) is 2.86. The molecular weight excluding hydrogens is 460 g/mol. The Bertz CT molecular complexity index is 1020. The minimum atomic E-state index is -0.952. The molecule has 2 aromatic heterocycles. The lowest BCUT2D eigenvalue weighted by Gasteiger charge is -2.25. The summed E-state index contributed by atoms with van der Waals surface area (Å²) in [6, 6.07) is 5.18. The highest BCUT2D eigenvalue weighted by Gasteiger charge is 2.20. The molecule has 1 amide bonds. The fraction of sp³-hybridized carbons (Fsp3) is 0.560. The molecular formula is C25H38N8O3. The van der Waals surface area contributed by atoms with Crippen molar-refractivity contribution in [3.63, 3.8) is 0 Å². The normalized spacial score (nSPS) is 13.4. The molecule has 4 N–H and O–H groups in total. The van der Waals surface area contributed by atoms with Crippen LogP contribution in [0.15, 0.2) is 24.5 Å². The van der Waals surface area contributed by atoms with E-state index in [0.717, 1.165) is 56.7 Å². The van der Waals surface area contributed by atoms with E-state index in [2.05, 4.69) is 43.0 Å². The molecule has 3 rings (SSSR count). The van der Waals surface area contributed by atoms with E-state index in [1.54, 1.807) is 6.07 Å². The fourth-order valence-corrected chi connectivity index (χ4v) is 4.06. The first-order chi connectivity index (χ1) is 17.3. The number of aryl methyl sites for hydroxylation is 2. The molecule has 36 heavy (non-hydrogen) atoms. The van der Waals surface area contributed by atoms with Crippen LogP contribution in [0.5, 0.6) is 0 Å². The smallest absolute Gasteiger partial charge is 0.326 e. The number of aromatic nitrogens is 3. The van der Waals surface area contributed by atoms with Crippen LogP contribution in [0.1, 0.15) is 43.9 Å². The SMILES string of the molecule is CC(=O)NCN(CCCCc1ccc2c(n1)NCCC2)CCC(Nc1cc(N(C)C)ncn1)C(=O)O. The Balaban J connectivity index is 1.51. The monoisotopic (exact) mass is 498 g/mol. The van der Waals surface area contributed by atoms with Crippen LogP contribution in [0.2, 0.25) is 0 Å². The quantitative estimate of drug-likeness (QED) is 0.226. The summed E-state index contributed by atoms with van der Waals surface area (Å²) >= 11 is 0. The van der Waals surface area contributed by atoms with Crippen LogP contribution in [-0.2, 0) is 22.4 Å². The lowest BCUT2D eigenvalue weighted by Crippen LogP contribution is -2.41. The molecule has 0 aromatic carbocycles. The van der Waals surface area contributed by atoms with Gasteiger partial charge in [0, 0.05) is 45.9 Å². The van der Waals surface area contributed by atoms with Gasteiger partial charge in [-0.25, -0.2) is 19.7 Å². The van der Waals surface area contributed by atoms with Gasteiger partial charge in [0.1, 0.15) is 29.8 Å². The van der Waals surface area contributed by atoms with E-state index in [9.17, 15) is 14.7 Å². The van der Waals surface area contributed by atoms with Crippen molar-refractivity contribution in [1.29, 1.82) is 0 Å². The van der Waals surface area contributed by atoms with Gasteiger partial charge in [-0.05, 0) is 56.7 Å². The number of hydrogen-bond acceptors (Lipinski definition) is 9. The molecule has 1 atom stereocenters. The summed E-state index contributed by atoms with van der Waals surface area (Å²) in [5.74, 6) is 1.09. The molecule has 2 aromatic rings. The third kappa shape index (κ3) is 8.63. The number of nitrogens with one attached hydrogen (secondary N) is 3. The van der Waals surface area contributed by atoms with Crippen molar-refractivity contribution in [2.24, 2.45) is 0 Å². The number of anilines is 3. The maximum atomic E-state index is 11.9. The first-order valence-corrected chi connectivity index (χ1v) is 12.5. The van der Waals surface area contributed by atoms with Crippen molar-refractivity contribution in [3.05, 3.63) is 35.8 Å². The largest absolute Gasteiger partial charge is 0.480 e. The minimum absolute atomic E-state index is 0.115. The number of rotatable bonds is 14. The summed E-state index contributed by atoms with van der Waals surface area (Å²) < 4.78 is 0. The lowest BCUT2D eigenvalue weighted by atomic mass is 10.1. The molecule has 11 heteroatoms. The highest BCUT2D eigenvalue weighted by molar-refractivity contribution is 5.77. The van der Waals surface area contributed by atoms with E-state index in [1.165, 1.54) is 18.8 Å². The number of fused-ring (bicyclic) bond motifs is 1. The predicted octanol–water partition coefficient (Wildman–Crippen LogP) is 1.97. The Labute approximate surface area is 212 Å². The van der Waals surface area contributed by atoms with E-state index < -0.39 is 12.0 Å². The number of carbonyl (C=O) groups excluding carboxylic acids is 1. The summed E-state index contributed by atoms with van der Waals surface area (Å²) in [6.07, 6.45) is 6.73. The molecule has 0 radical (unpaired) electrons. The molecule has 0 saturated heterocycles. The second kappa shape index (κ2) is 13.6. The van der Waals surface area contributed by atoms with Gasteiger partial charge in [-0.3, -0.25) is 9.69 Å². The molecule has 1 aliphatic rings. The van der Waals surface area contributed by atoms with Gasteiger partial charge in [0.25, 0.3) is 0 Å². The minimum Gasteiger partial charge on any atom is -0.480 e. The maximum absolute atomic E-state index is 11.9. The van der Waals surface area contributed by atoms with Crippen LogP contribution in [0.25, 0.3) is 0 Å². The summed E-state index contributed by atoms with van der Waals surface area (Å²) in [4.78, 5) is 40.4. The predicted molar refractivity (Wildman–Crippen MR) is 140 cm³/mol. The van der Waals surface area contributed by atoms with Crippen LogP contribution in [0, 0.1) is 0 Å². The van der Waals surface area contributed by atoms with Crippen LogP contribution in [0.3, 0.4) is 0 Å². The summed E-state index contributed by atoms with van der Waals surface area (Å²) in [5.41, 5.74) is 2.36. The van der Waals surface area contributed by atoms with Crippen molar-refractivity contribution >= 4 is 29.3 Å². The number of pyridine rings is 1. The van der Waals surface area contributed by atoms with Crippen molar-refractivity contribution in [3.8, 4) is 0 Å². The number of carboxylic acids is 1. The topological polar surface area (TPSA) is 136 Å². The average molecular weight is 499 g/mol. The number of amides is 1. The number of carboxylic acid groups (broad SMARTS) is 1. The van der Waals surface area contributed by atoms with Crippen LogP contribution >= 0.6 is 0 Å². The van der Waals surface area contributed by atoms with E-state index in [0.29, 0.717) is 31.3 Å². The molecule has 0 spiro atoms. The van der Waals surface area contributed by atoms with Crippen LogP contribution < -0.4 is 20.9 Å². The first kappa shape index (κ1) is 27.1. The van der Waals surface area contributed by atoms with Gasteiger partial charge < -0.3 is 26.0 Å². The van der Waals surface area contributed by atoms with Gasteiger partial charge in [0.05, 0.1) is 6.67 Å². The van der Waals surface area contributed by atoms with E-state index >= 15 is 0 Å². The van der Waals surface area contributed by atoms with Gasteiger partial charge >= 0.3 is 5.97 Å². The summed E-state index contributed by atoms with van der Waals surface area (Å²) in [7, 11) is 3.72. The maximum Gasteiger partial charge on any atom is 0.326 e. The Kier molecular flexibility index (Phi) is 10.2. The van der Waals surface area contributed by atoms with Gasteiger partial charge in [-0.2, -0.15) is 0 Å². The second-order valence-electron chi connectivity index (χ2n) is 9.29. The van der Waals surface area contributed by atoms with Gasteiger partial charge in [0.2, 0.25) is 5.91 Å². The third-order valence-corrected chi connectivity index (χ3v) is 6.13.